The number of benzene rings is 2. The van der Waals surface area contributed by atoms with Crippen molar-refractivity contribution in [2.75, 3.05) is 11.9 Å². The molecule has 2 rings (SSSR count). The molecule has 0 aliphatic rings. The van der Waals surface area contributed by atoms with E-state index >= 15 is 0 Å². The molecule has 0 aliphatic heterocycles. The molecule has 4 nitrogen and oxygen atoms in total. The van der Waals surface area contributed by atoms with Crippen molar-refractivity contribution in [2.24, 2.45) is 10.7 Å². The number of nitrogens with zero attached hydrogens (tertiary/aromatic N) is 1. The van der Waals surface area contributed by atoms with Gasteiger partial charge in [-0.2, -0.15) is 0 Å². The van der Waals surface area contributed by atoms with Crippen LogP contribution in [0.5, 0.6) is 5.75 Å². The van der Waals surface area contributed by atoms with Crippen LogP contribution in [0.15, 0.2) is 53.5 Å². The summed E-state index contributed by atoms with van der Waals surface area (Å²) in [6, 6.07) is 15.9. The van der Waals surface area contributed by atoms with E-state index in [0.29, 0.717) is 19.1 Å². The number of guanidine groups is 1. The predicted octanol–water partition coefficient (Wildman–Crippen LogP) is 3.32. The molecule has 2 aromatic rings. The molecular formula is C17H21N3O. The van der Waals surface area contributed by atoms with Crippen LogP contribution in [0, 0.1) is 6.92 Å². The second-order valence-corrected chi connectivity index (χ2v) is 4.78. The van der Waals surface area contributed by atoms with Gasteiger partial charge >= 0.3 is 0 Å². The van der Waals surface area contributed by atoms with E-state index in [1.807, 2.05) is 62.4 Å². The average molecular weight is 283 g/mol. The summed E-state index contributed by atoms with van der Waals surface area (Å²) < 4.78 is 5.47. The molecule has 0 fully saturated rings. The molecule has 4 heteroatoms. The number of hydrogen-bond acceptors (Lipinski definition) is 2. The largest absolute Gasteiger partial charge is 0.494 e. The zero-order chi connectivity index (χ0) is 15.1. The fourth-order valence-corrected chi connectivity index (χ4v) is 1.99. The number of aryl methyl sites for hydroxylation is 1. The van der Waals surface area contributed by atoms with Gasteiger partial charge < -0.3 is 15.8 Å². The molecule has 0 spiro atoms. The van der Waals surface area contributed by atoms with E-state index < -0.39 is 0 Å². The minimum absolute atomic E-state index is 0.405. The maximum atomic E-state index is 5.91. The Morgan fingerprint density at radius 3 is 2.76 bits per heavy atom. The molecule has 0 saturated heterocycles. The third-order valence-corrected chi connectivity index (χ3v) is 2.93. The van der Waals surface area contributed by atoms with Crippen molar-refractivity contribution < 1.29 is 4.74 Å². The highest BCUT2D eigenvalue weighted by Gasteiger charge is 1.98. The molecule has 2 aromatic carbocycles. The van der Waals surface area contributed by atoms with Crippen molar-refractivity contribution >= 4 is 11.6 Å². The highest BCUT2D eigenvalue weighted by Crippen LogP contribution is 2.14. The van der Waals surface area contributed by atoms with Crippen LogP contribution < -0.4 is 15.8 Å². The Hall–Kier alpha value is -2.49. The first kappa shape index (κ1) is 14.9. The quantitative estimate of drug-likeness (QED) is 0.653. The van der Waals surface area contributed by atoms with Gasteiger partial charge in [0.15, 0.2) is 5.96 Å². The van der Waals surface area contributed by atoms with E-state index in [1.165, 1.54) is 5.56 Å². The van der Waals surface area contributed by atoms with Gasteiger partial charge in [0.25, 0.3) is 0 Å². The molecule has 0 heterocycles. The molecule has 0 radical (unpaired) electrons. The lowest BCUT2D eigenvalue weighted by Crippen LogP contribution is -2.22. The van der Waals surface area contributed by atoms with Gasteiger partial charge in [-0.1, -0.05) is 24.3 Å². The Balaban J connectivity index is 1.98. The molecule has 0 saturated carbocycles. The molecule has 0 bridgehead atoms. The van der Waals surface area contributed by atoms with Crippen LogP contribution in [0.25, 0.3) is 0 Å². The fourth-order valence-electron chi connectivity index (χ4n) is 1.99. The highest BCUT2D eigenvalue weighted by atomic mass is 16.5. The van der Waals surface area contributed by atoms with E-state index in [4.69, 9.17) is 10.5 Å². The minimum atomic E-state index is 0.405. The summed E-state index contributed by atoms with van der Waals surface area (Å²) in [4.78, 5) is 4.35. The van der Waals surface area contributed by atoms with E-state index in [2.05, 4.69) is 10.3 Å². The van der Waals surface area contributed by atoms with Crippen LogP contribution >= 0.6 is 0 Å². The first-order valence-electron chi connectivity index (χ1n) is 7.02. The first-order valence-corrected chi connectivity index (χ1v) is 7.02. The van der Waals surface area contributed by atoms with Gasteiger partial charge in [-0.05, 0) is 49.2 Å². The van der Waals surface area contributed by atoms with Crippen molar-refractivity contribution in [1.82, 2.24) is 0 Å². The molecular weight excluding hydrogens is 262 g/mol. The van der Waals surface area contributed by atoms with Gasteiger partial charge in [-0.3, -0.25) is 0 Å². The second kappa shape index (κ2) is 7.33. The van der Waals surface area contributed by atoms with Crippen molar-refractivity contribution in [3.8, 4) is 5.75 Å². The Kier molecular flexibility index (Phi) is 5.21. The summed E-state index contributed by atoms with van der Waals surface area (Å²) in [5.41, 5.74) is 9.09. The minimum Gasteiger partial charge on any atom is -0.494 e. The van der Waals surface area contributed by atoms with Crippen molar-refractivity contribution in [3.05, 3.63) is 59.7 Å². The molecule has 0 atom stereocenters. The van der Waals surface area contributed by atoms with Crippen molar-refractivity contribution in [3.63, 3.8) is 0 Å². The summed E-state index contributed by atoms with van der Waals surface area (Å²) in [5.74, 6) is 1.26. The van der Waals surface area contributed by atoms with Crippen LogP contribution in [-0.4, -0.2) is 12.6 Å². The van der Waals surface area contributed by atoms with Crippen molar-refractivity contribution in [1.29, 1.82) is 0 Å². The number of nitrogens with two attached hydrogens (primary N) is 1. The summed E-state index contributed by atoms with van der Waals surface area (Å²) >= 11 is 0. The lowest BCUT2D eigenvalue weighted by Gasteiger charge is -2.07. The monoisotopic (exact) mass is 283 g/mol. The lowest BCUT2D eigenvalue weighted by molar-refractivity contribution is 0.340. The zero-order valence-corrected chi connectivity index (χ0v) is 12.5. The molecule has 3 N–H and O–H groups in total. The van der Waals surface area contributed by atoms with Crippen molar-refractivity contribution in [2.45, 2.75) is 20.4 Å². The third kappa shape index (κ3) is 4.84. The molecule has 0 aliphatic carbocycles. The molecule has 0 unspecified atom stereocenters. The summed E-state index contributed by atoms with van der Waals surface area (Å²) in [5, 5.41) is 3.09. The zero-order valence-electron chi connectivity index (χ0n) is 12.5. The highest BCUT2D eigenvalue weighted by molar-refractivity contribution is 5.92. The maximum absolute atomic E-state index is 5.91. The number of anilines is 1. The summed E-state index contributed by atoms with van der Waals surface area (Å²) in [6.07, 6.45) is 0. The van der Waals surface area contributed by atoms with E-state index in [1.54, 1.807) is 0 Å². The standard InChI is InChI=1S/C17H21N3O/c1-3-21-16-9-5-7-14(11-16)12-19-17(18)20-15-8-4-6-13(2)10-15/h4-11H,3,12H2,1-2H3,(H3,18,19,20). The van der Waals surface area contributed by atoms with Gasteiger partial charge in [-0.15, -0.1) is 0 Å². The lowest BCUT2D eigenvalue weighted by atomic mass is 10.2. The van der Waals surface area contributed by atoms with E-state index in [0.717, 1.165) is 17.0 Å². The number of nitrogens with one attached hydrogen (secondary N) is 1. The van der Waals surface area contributed by atoms with Crippen LogP contribution in [0.1, 0.15) is 18.1 Å². The van der Waals surface area contributed by atoms with E-state index in [-0.39, 0.29) is 0 Å². The number of ether oxygens (including phenoxy) is 1. The molecule has 21 heavy (non-hydrogen) atoms. The van der Waals surface area contributed by atoms with Crippen LogP contribution in [0.2, 0.25) is 0 Å². The Bertz CT molecular complexity index is 623. The number of hydrogen-bond donors (Lipinski definition) is 2. The number of aliphatic imine (C=N–C) groups is 1. The normalized spacial score (nSPS) is 11.2. The van der Waals surface area contributed by atoms with Gasteiger partial charge in [0.1, 0.15) is 5.75 Å². The molecule has 110 valence electrons. The summed E-state index contributed by atoms with van der Waals surface area (Å²) in [6.45, 7) is 5.18. The van der Waals surface area contributed by atoms with Crippen LogP contribution in [-0.2, 0) is 6.54 Å². The van der Waals surface area contributed by atoms with Crippen LogP contribution in [0.4, 0.5) is 5.69 Å². The average Bonchev–Trinajstić information content (AvgIpc) is 2.46. The summed E-state index contributed by atoms with van der Waals surface area (Å²) in [7, 11) is 0. The van der Waals surface area contributed by atoms with Gasteiger partial charge in [-0.25, -0.2) is 4.99 Å². The first-order chi connectivity index (χ1) is 10.2. The number of rotatable bonds is 5. The smallest absolute Gasteiger partial charge is 0.193 e. The van der Waals surface area contributed by atoms with Gasteiger partial charge in [0.05, 0.1) is 13.2 Å². The SMILES string of the molecule is CCOc1cccc(CN=C(N)Nc2cccc(C)c2)c1. The third-order valence-electron chi connectivity index (χ3n) is 2.93. The maximum Gasteiger partial charge on any atom is 0.193 e. The Morgan fingerprint density at radius 1 is 1.19 bits per heavy atom. The molecule has 0 aromatic heterocycles. The second-order valence-electron chi connectivity index (χ2n) is 4.78. The topological polar surface area (TPSA) is 59.6 Å². The predicted molar refractivity (Wildman–Crippen MR) is 87.7 cm³/mol. The fraction of sp³-hybridized carbons (Fsp3) is 0.235. The van der Waals surface area contributed by atoms with Crippen LogP contribution in [0.3, 0.4) is 0 Å². The van der Waals surface area contributed by atoms with Gasteiger partial charge in [0.2, 0.25) is 0 Å². The van der Waals surface area contributed by atoms with Gasteiger partial charge in [0, 0.05) is 5.69 Å². The Morgan fingerprint density at radius 2 is 2.00 bits per heavy atom. The molecule has 0 amide bonds. The Labute approximate surface area is 125 Å². The van der Waals surface area contributed by atoms with E-state index in [9.17, 15) is 0 Å².